The molecule has 0 rings (SSSR count). The van der Waals surface area contributed by atoms with Crippen LogP contribution in [-0.2, 0) is 24.0 Å². The molecule has 0 bridgehead atoms. The van der Waals surface area contributed by atoms with Gasteiger partial charge in [-0.3, -0.25) is 19.2 Å². The molecular formula is C21H39N5O6. The van der Waals surface area contributed by atoms with Crippen LogP contribution in [0.2, 0.25) is 0 Å². The Morgan fingerprint density at radius 3 is 1.72 bits per heavy atom. The molecule has 0 aromatic rings. The van der Waals surface area contributed by atoms with E-state index in [9.17, 15) is 29.1 Å². The lowest BCUT2D eigenvalue weighted by atomic mass is 9.98. The Morgan fingerprint density at radius 2 is 1.31 bits per heavy atom. The molecule has 4 atom stereocenters. The van der Waals surface area contributed by atoms with E-state index in [1.54, 1.807) is 27.7 Å². The van der Waals surface area contributed by atoms with Gasteiger partial charge >= 0.3 is 5.97 Å². The summed E-state index contributed by atoms with van der Waals surface area (Å²) in [5, 5.41) is 16.9. The SMILES string of the molecule is CC(C)CC(NC(=O)C(NC(=O)C(N)C(C)C)C(C)C)C(=O)NC(CCC(N)=O)C(=O)O. The summed E-state index contributed by atoms with van der Waals surface area (Å²) in [6.07, 6.45) is -0.142. The predicted molar refractivity (Wildman–Crippen MR) is 119 cm³/mol. The third-order valence-electron chi connectivity index (χ3n) is 4.90. The molecule has 0 aromatic heterocycles. The maximum absolute atomic E-state index is 12.9. The van der Waals surface area contributed by atoms with E-state index in [0.29, 0.717) is 0 Å². The van der Waals surface area contributed by atoms with Gasteiger partial charge in [-0.1, -0.05) is 41.5 Å². The summed E-state index contributed by atoms with van der Waals surface area (Å²) >= 11 is 0. The average molecular weight is 458 g/mol. The number of nitrogens with one attached hydrogen (secondary N) is 3. The molecule has 184 valence electrons. The van der Waals surface area contributed by atoms with Crippen LogP contribution >= 0.6 is 0 Å². The number of carbonyl (C=O) groups is 5. The number of rotatable bonds is 14. The van der Waals surface area contributed by atoms with Crippen LogP contribution in [0.1, 0.15) is 60.8 Å². The van der Waals surface area contributed by atoms with Crippen molar-refractivity contribution in [3.8, 4) is 0 Å². The minimum atomic E-state index is -1.33. The van der Waals surface area contributed by atoms with Crippen molar-refractivity contribution in [3.63, 3.8) is 0 Å². The molecule has 0 spiro atoms. The van der Waals surface area contributed by atoms with Gasteiger partial charge in [-0.15, -0.1) is 0 Å². The maximum Gasteiger partial charge on any atom is 0.326 e. The Bertz CT molecular complexity index is 680. The molecule has 4 unspecified atom stereocenters. The zero-order valence-electron chi connectivity index (χ0n) is 19.8. The van der Waals surface area contributed by atoms with Crippen molar-refractivity contribution >= 4 is 29.6 Å². The van der Waals surface area contributed by atoms with Gasteiger partial charge < -0.3 is 32.5 Å². The largest absolute Gasteiger partial charge is 0.480 e. The Balaban J connectivity index is 5.45. The van der Waals surface area contributed by atoms with Gasteiger partial charge in [0.1, 0.15) is 18.1 Å². The van der Waals surface area contributed by atoms with Crippen LogP contribution in [0.3, 0.4) is 0 Å². The molecule has 32 heavy (non-hydrogen) atoms. The maximum atomic E-state index is 12.9. The van der Waals surface area contributed by atoms with Crippen LogP contribution < -0.4 is 27.4 Å². The molecule has 11 heteroatoms. The number of carboxylic acids is 1. The van der Waals surface area contributed by atoms with Gasteiger partial charge in [0, 0.05) is 6.42 Å². The van der Waals surface area contributed by atoms with Crippen LogP contribution in [0.4, 0.5) is 0 Å². The van der Waals surface area contributed by atoms with Crippen LogP contribution in [0.15, 0.2) is 0 Å². The highest BCUT2D eigenvalue weighted by Gasteiger charge is 2.32. The van der Waals surface area contributed by atoms with E-state index in [1.165, 1.54) is 0 Å². The van der Waals surface area contributed by atoms with E-state index in [0.717, 1.165) is 0 Å². The first kappa shape index (κ1) is 29.3. The molecule has 0 aromatic carbocycles. The molecule has 0 fully saturated rings. The van der Waals surface area contributed by atoms with Crippen LogP contribution in [0, 0.1) is 17.8 Å². The highest BCUT2D eigenvalue weighted by Crippen LogP contribution is 2.10. The minimum Gasteiger partial charge on any atom is -0.480 e. The molecule has 4 amide bonds. The average Bonchev–Trinajstić information content (AvgIpc) is 2.66. The second kappa shape index (κ2) is 13.7. The lowest BCUT2D eigenvalue weighted by Gasteiger charge is -2.28. The van der Waals surface area contributed by atoms with Gasteiger partial charge in [-0.05, 0) is 30.6 Å². The normalized spacial score (nSPS) is 15.1. The fourth-order valence-corrected chi connectivity index (χ4v) is 2.87. The summed E-state index contributed by atoms with van der Waals surface area (Å²) in [6.45, 7) is 10.7. The number of amides is 4. The molecule has 0 aliphatic carbocycles. The smallest absolute Gasteiger partial charge is 0.326 e. The highest BCUT2D eigenvalue weighted by atomic mass is 16.4. The molecule has 0 saturated carbocycles. The van der Waals surface area contributed by atoms with Crippen molar-refractivity contribution in [1.29, 1.82) is 0 Å². The van der Waals surface area contributed by atoms with Crippen LogP contribution in [-0.4, -0.2) is 58.9 Å². The zero-order valence-corrected chi connectivity index (χ0v) is 19.8. The van der Waals surface area contributed by atoms with E-state index in [2.05, 4.69) is 16.0 Å². The number of aliphatic carboxylic acids is 1. The molecule has 0 saturated heterocycles. The Morgan fingerprint density at radius 1 is 0.781 bits per heavy atom. The first-order valence-corrected chi connectivity index (χ1v) is 10.8. The summed E-state index contributed by atoms with van der Waals surface area (Å²) in [6, 6.07) is -4.08. The third-order valence-corrected chi connectivity index (χ3v) is 4.90. The summed E-state index contributed by atoms with van der Waals surface area (Å²) in [4.78, 5) is 60.5. The van der Waals surface area contributed by atoms with Crippen molar-refractivity contribution in [3.05, 3.63) is 0 Å². The third kappa shape index (κ3) is 10.6. The number of primary amides is 1. The second-order valence-corrected chi connectivity index (χ2v) is 9.10. The van der Waals surface area contributed by atoms with Crippen molar-refractivity contribution in [1.82, 2.24) is 16.0 Å². The number of hydrogen-bond donors (Lipinski definition) is 6. The van der Waals surface area contributed by atoms with Crippen molar-refractivity contribution < 1.29 is 29.1 Å². The van der Waals surface area contributed by atoms with Gasteiger partial charge in [-0.25, -0.2) is 4.79 Å². The standard InChI is InChI=1S/C21H39N5O6/c1-10(2)9-14(18(28)24-13(21(31)32)7-8-15(22)27)25-20(30)17(12(5)6)26-19(29)16(23)11(3)4/h10-14,16-17H,7-9,23H2,1-6H3,(H2,22,27)(H,24,28)(H,25,30)(H,26,29)(H,31,32). The monoisotopic (exact) mass is 457 g/mol. The van der Waals surface area contributed by atoms with Crippen LogP contribution in [0.25, 0.3) is 0 Å². The summed E-state index contributed by atoms with van der Waals surface area (Å²) < 4.78 is 0. The highest BCUT2D eigenvalue weighted by molar-refractivity contribution is 5.94. The first-order chi connectivity index (χ1) is 14.7. The molecule has 11 nitrogen and oxygen atoms in total. The molecule has 0 heterocycles. The van der Waals surface area contributed by atoms with Gasteiger partial charge in [0.15, 0.2) is 0 Å². The van der Waals surface area contributed by atoms with E-state index in [4.69, 9.17) is 11.5 Å². The summed E-state index contributed by atoms with van der Waals surface area (Å²) in [5.41, 5.74) is 10.9. The summed E-state index contributed by atoms with van der Waals surface area (Å²) in [5.74, 6) is -4.16. The fourth-order valence-electron chi connectivity index (χ4n) is 2.87. The number of hydrogen-bond acceptors (Lipinski definition) is 6. The van der Waals surface area contributed by atoms with Gasteiger partial charge in [0.25, 0.3) is 0 Å². The van der Waals surface area contributed by atoms with E-state index in [1.807, 2.05) is 13.8 Å². The molecule has 0 aliphatic rings. The van der Waals surface area contributed by atoms with Gasteiger partial charge in [0.2, 0.25) is 23.6 Å². The summed E-state index contributed by atoms with van der Waals surface area (Å²) in [7, 11) is 0. The second-order valence-electron chi connectivity index (χ2n) is 9.10. The van der Waals surface area contributed by atoms with Crippen molar-refractivity contribution in [2.24, 2.45) is 29.2 Å². The van der Waals surface area contributed by atoms with Gasteiger partial charge in [-0.2, -0.15) is 0 Å². The molecule has 0 aliphatic heterocycles. The lowest BCUT2D eigenvalue weighted by Crippen LogP contribution is -2.59. The van der Waals surface area contributed by atoms with E-state index >= 15 is 0 Å². The molecule has 8 N–H and O–H groups in total. The Hall–Kier alpha value is -2.69. The number of carbonyl (C=O) groups excluding carboxylic acids is 4. The fraction of sp³-hybridized carbons (Fsp3) is 0.762. The number of nitrogens with two attached hydrogens (primary N) is 2. The first-order valence-electron chi connectivity index (χ1n) is 10.8. The van der Waals surface area contributed by atoms with Crippen molar-refractivity contribution in [2.45, 2.75) is 85.0 Å². The quantitative estimate of drug-likeness (QED) is 0.202. The minimum absolute atomic E-state index is 0.00130. The number of carboxylic acid groups (broad SMARTS) is 1. The Kier molecular flexibility index (Phi) is 12.5. The molecule has 0 radical (unpaired) electrons. The lowest BCUT2D eigenvalue weighted by molar-refractivity contribution is -0.142. The van der Waals surface area contributed by atoms with Crippen molar-refractivity contribution in [2.75, 3.05) is 0 Å². The van der Waals surface area contributed by atoms with E-state index < -0.39 is 53.8 Å². The van der Waals surface area contributed by atoms with Crippen LogP contribution in [0.5, 0.6) is 0 Å². The predicted octanol–water partition coefficient (Wildman–Crippen LogP) is -0.524. The Labute approximate surface area is 189 Å². The van der Waals surface area contributed by atoms with Gasteiger partial charge in [0.05, 0.1) is 6.04 Å². The van der Waals surface area contributed by atoms with E-state index in [-0.39, 0.29) is 37.0 Å². The molecular weight excluding hydrogens is 418 g/mol. The topological polar surface area (TPSA) is 194 Å². The zero-order chi connectivity index (χ0) is 25.2.